The molecule has 0 aliphatic heterocycles. The summed E-state index contributed by atoms with van der Waals surface area (Å²) in [6.07, 6.45) is 4.40. The first kappa shape index (κ1) is 13.7. The van der Waals surface area contributed by atoms with Crippen molar-refractivity contribution in [3.63, 3.8) is 0 Å². The predicted octanol–water partition coefficient (Wildman–Crippen LogP) is 1.89. The van der Waals surface area contributed by atoms with E-state index < -0.39 is 5.91 Å². The van der Waals surface area contributed by atoms with Gasteiger partial charge in [-0.15, -0.1) is 0 Å². The quantitative estimate of drug-likeness (QED) is 0.682. The van der Waals surface area contributed by atoms with Crippen molar-refractivity contribution in [1.29, 1.82) is 0 Å². The molecule has 0 aliphatic rings. The van der Waals surface area contributed by atoms with E-state index in [4.69, 9.17) is 5.73 Å². The molecule has 0 bridgehead atoms. The molecular formula is C15H13FN2O2. The maximum atomic E-state index is 12.8. The van der Waals surface area contributed by atoms with Crippen molar-refractivity contribution in [3.05, 3.63) is 65.2 Å². The monoisotopic (exact) mass is 272 g/mol. The smallest absolute Gasteiger partial charge is 0.241 e. The van der Waals surface area contributed by atoms with E-state index in [-0.39, 0.29) is 11.6 Å². The Morgan fingerprint density at radius 1 is 1.20 bits per heavy atom. The third-order valence-electron chi connectivity index (χ3n) is 2.83. The molecule has 102 valence electrons. The van der Waals surface area contributed by atoms with Crippen molar-refractivity contribution in [3.8, 4) is 0 Å². The van der Waals surface area contributed by atoms with Crippen LogP contribution < -0.4 is 5.73 Å². The van der Waals surface area contributed by atoms with Crippen LogP contribution in [0.15, 0.2) is 42.6 Å². The average Bonchev–Trinajstić information content (AvgIpc) is 2.78. The number of benzene rings is 1. The molecule has 0 atom stereocenters. The highest BCUT2D eigenvalue weighted by atomic mass is 19.1. The van der Waals surface area contributed by atoms with E-state index in [2.05, 4.69) is 0 Å². The average molecular weight is 272 g/mol. The molecule has 2 rings (SSSR count). The molecule has 20 heavy (non-hydrogen) atoms. The van der Waals surface area contributed by atoms with Crippen molar-refractivity contribution >= 4 is 17.8 Å². The van der Waals surface area contributed by atoms with Crippen molar-refractivity contribution in [1.82, 2.24) is 4.57 Å². The van der Waals surface area contributed by atoms with E-state index in [0.29, 0.717) is 16.8 Å². The lowest BCUT2D eigenvalue weighted by Crippen LogP contribution is -2.05. The maximum Gasteiger partial charge on any atom is 0.241 e. The van der Waals surface area contributed by atoms with Crippen LogP contribution in [0.1, 0.15) is 21.6 Å². The maximum absolute atomic E-state index is 12.8. The van der Waals surface area contributed by atoms with Gasteiger partial charge in [-0.3, -0.25) is 9.59 Å². The number of hydrogen-bond acceptors (Lipinski definition) is 2. The summed E-state index contributed by atoms with van der Waals surface area (Å²) >= 11 is 0. The van der Waals surface area contributed by atoms with Gasteiger partial charge in [0.25, 0.3) is 0 Å². The molecule has 0 saturated carbocycles. The van der Waals surface area contributed by atoms with Crippen LogP contribution in [0.4, 0.5) is 4.39 Å². The molecule has 0 unspecified atom stereocenters. The van der Waals surface area contributed by atoms with Gasteiger partial charge in [0.1, 0.15) is 5.82 Å². The van der Waals surface area contributed by atoms with Gasteiger partial charge in [0.2, 0.25) is 5.91 Å². The highest BCUT2D eigenvalue weighted by Crippen LogP contribution is 2.14. The second-order valence-electron chi connectivity index (χ2n) is 4.34. The first-order valence-electron chi connectivity index (χ1n) is 5.91. The number of aryl methyl sites for hydroxylation is 1. The number of aromatic nitrogens is 1. The molecule has 1 heterocycles. The third-order valence-corrected chi connectivity index (χ3v) is 2.83. The van der Waals surface area contributed by atoms with Gasteiger partial charge in [-0.2, -0.15) is 0 Å². The molecule has 0 fully saturated rings. The highest BCUT2D eigenvalue weighted by Gasteiger charge is 2.12. The summed E-state index contributed by atoms with van der Waals surface area (Å²) in [7, 11) is 1.75. The van der Waals surface area contributed by atoms with Crippen LogP contribution in [0.25, 0.3) is 6.08 Å². The molecule has 1 aromatic carbocycles. The highest BCUT2D eigenvalue weighted by molar-refractivity contribution is 6.09. The largest absolute Gasteiger partial charge is 0.366 e. The number of nitrogens with two attached hydrogens (primary N) is 1. The number of carbonyl (C=O) groups excluding carboxylic acids is 2. The van der Waals surface area contributed by atoms with Gasteiger partial charge in [0.15, 0.2) is 5.78 Å². The fourth-order valence-electron chi connectivity index (χ4n) is 1.81. The van der Waals surface area contributed by atoms with Crippen LogP contribution in [0.5, 0.6) is 0 Å². The van der Waals surface area contributed by atoms with E-state index in [1.807, 2.05) is 0 Å². The lowest BCUT2D eigenvalue weighted by molar-refractivity contribution is -0.113. The normalized spacial score (nSPS) is 10.9. The molecular weight excluding hydrogens is 259 g/mol. The number of halogens is 1. The Morgan fingerprint density at radius 3 is 2.45 bits per heavy atom. The van der Waals surface area contributed by atoms with Crippen LogP contribution in [-0.2, 0) is 11.8 Å². The number of ketones is 1. The molecule has 2 aromatic rings. The van der Waals surface area contributed by atoms with Gasteiger partial charge in [0.05, 0.1) is 0 Å². The van der Waals surface area contributed by atoms with Crippen LogP contribution in [0.3, 0.4) is 0 Å². The topological polar surface area (TPSA) is 65.1 Å². The Balaban J connectivity index is 2.29. The zero-order chi connectivity index (χ0) is 14.7. The molecule has 4 nitrogen and oxygen atoms in total. The van der Waals surface area contributed by atoms with Gasteiger partial charge in [-0.05, 0) is 36.4 Å². The van der Waals surface area contributed by atoms with Crippen molar-refractivity contribution in [2.75, 3.05) is 0 Å². The van der Waals surface area contributed by atoms with Crippen molar-refractivity contribution in [2.45, 2.75) is 0 Å². The van der Waals surface area contributed by atoms with E-state index in [0.717, 1.165) is 0 Å². The molecule has 1 aromatic heterocycles. The number of amides is 1. The number of hydrogen-bond donors (Lipinski definition) is 1. The minimum absolute atomic E-state index is 0.209. The number of nitrogens with zero attached hydrogens (tertiary/aromatic N) is 1. The van der Waals surface area contributed by atoms with Crippen molar-refractivity contribution in [2.24, 2.45) is 12.8 Å². The molecule has 0 radical (unpaired) electrons. The first-order chi connectivity index (χ1) is 9.47. The Morgan fingerprint density at radius 2 is 1.85 bits per heavy atom. The van der Waals surface area contributed by atoms with Gasteiger partial charge in [0, 0.05) is 36.1 Å². The zero-order valence-electron chi connectivity index (χ0n) is 10.8. The summed E-state index contributed by atoms with van der Waals surface area (Å²) in [5, 5.41) is 0. The zero-order valence-corrected chi connectivity index (χ0v) is 10.8. The molecule has 0 saturated heterocycles. The summed E-state index contributed by atoms with van der Waals surface area (Å²) in [6.45, 7) is 0. The third kappa shape index (κ3) is 3.00. The minimum Gasteiger partial charge on any atom is -0.366 e. The van der Waals surface area contributed by atoms with Gasteiger partial charge in [-0.25, -0.2) is 4.39 Å². The van der Waals surface area contributed by atoms with E-state index in [1.54, 1.807) is 23.9 Å². The van der Waals surface area contributed by atoms with Crippen LogP contribution in [-0.4, -0.2) is 16.3 Å². The SMILES string of the molecule is Cn1cc(C(=O)c2ccc(F)cc2)cc1/C=C/C(N)=O. The Kier molecular flexibility index (Phi) is 3.79. The lowest BCUT2D eigenvalue weighted by atomic mass is 10.1. The number of primary amides is 1. The molecule has 2 N–H and O–H groups in total. The standard InChI is InChI=1S/C15H13FN2O2/c1-18-9-11(8-13(18)6-7-14(17)19)15(20)10-2-4-12(16)5-3-10/h2-9H,1H3,(H2,17,19)/b7-6+. The molecule has 1 amide bonds. The van der Waals surface area contributed by atoms with Gasteiger partial charge >= 0.3 is 0 Å². The summed E-state index contributed by atoms with van der Waals surface area (Å²) in [6, 6.07) is 6.99. The van der Waals surface area contributed by atoms with Crippen LogP contribution in [0.2, 0.25) is 0 Å². The van der Waals surface area contributed by atoms with E-state index in [1.165, 1.54) is 36.4 Å². The number of rotatable bonds is 4. The first-order valence-corrected chi connectivity index (χ1v) is 5.91. The molecule has 0 spiro atoms. The van der Waals surface area contributed by atoms with Crippen LogP contribution >= 0.6 is 0 Å². The summed E-state index contributed by atoms with van der Waals surface area (Å²) in [5.41, 5.74) is 6.57. The minimum atomic E-state index is -0.558. The molecule has 0 aliphatic carbocycles. The van der Waals surface area contributed by atoms with E-state index >= 15 is 0 Å². The van der Waals surface area contributed by atoms with E-state index in [9.17, 15) is 14.0 Å². The van der Waals surface area contributed by atoms with Gasteiger partial charge < -0.3 is 10.3 Å². The Hall–Kier alpha value is -2.69. The number of carbonyl (C=O) groups is 2. The molecule has 5 heteroatoms. The van der Waals surface area contributed by atoms with Gasteiger partial charge in [-0.1, -0.05) is 0 Å². The fraction of sp³-hybridized carbons (Fsp3) is 0.0667. The lowest BCUT2D eigenvalue weighted by Gasteiger charge is -1.97. The second kappa shape index (κ2) is 5.52. The van der Waals surface area contributed by atoms with Crippen LogP contribution in [0, 0.1) is 5.82 Å². The fourth-order valence-corrected chi connectivity index (χ4v) is 1.81. The summed E-state index contributed by atoms with van der Waals surface area (Å²) in [5.74, 6) is -1.16. The summed E-state index contributed by atoms with van der Waals surface area (Å²) < 4.78 is 14.5. The summed E-state index contributed by atoms with van der Waals surface area (Å²) in [4.78, 5) is 22.9. The Bertz CT molecular complexity index is 684. The second-order valence-corrected chi connectivity index (χ2v) is 4.34. The Labute approximate surface area is 115 Å². The van der Waals surface area contributed by atoms with Crippen molar-refractivity contribution < 1.29 is 14.0 Å². The predicted molar refractivity (Wildman–Crippen MR) is 73.5 cm³/mol.